The number of benzene rings is 1. The third-order valence-electron chi connectivity index (χ3n) is 4.46. The van der Waals surface area contributed by atoms with E-state index in [1.807, 2.05) is 12.1 Å². The highest BCUT2D eigenvalue weighted by molar-refractivity contribution is 7.17. The molecule has 3 heterocycles. The van der Waals surface area contributed by atoms with Gasteiger partial charge in [0.2, 0.25) is 0 Å². The first-order valence-corrected chi connectivity index (χ1v) is 9.10. The highest BCUT2D eigenvalue weighted by Crippen LogP contribution is 2.40. The molecule has 0 amide bonds. The van der Waals surface area contributed by atoms with E-state index in [1.54, 1.807) is 31.9 Å². The van der Waals surface area contributed by atoms with Gasteiger partial charge in [-0.1, -0.05) is 6.07 Å². The average molecular weight is 356 g/mol. The Hall–Kier alpha value is -2.38. The minimum atomic E-state index is 0.722. The fourth-order valence-corrected chi connectivity index (χ4v) is 4.10. The second-order valence-corrected chi connectivity index (χ2v) is 6.69. The van der Waals surface area contributed by atoms with Crippen LogP contribution in [0.5, 0.6) is 11.5 Å². The molecule has 1 fully saturated rings. The fraction of sp³-hybridized carbons (Fsp3) is 0.333. The summed E-state index contributed by atoms with van der Waals surface area (Å²) in [5, 5.41) is 6.65. The van der Waals surface area contributed by atoms with Crippen molar-refractivity contribution in [2.45, 2.75) is 0 Å². The molecule has 0 bridgehead atoms. The van der Waals surface area contributed by atoms with Crippen LogP contribution in [-0.4, -0.2) is 50.4 Å². The lowest BCUT2D eigenvalue weighted by Crippen LogP contribution is -2.44. The van der Waals surface area contributed by atoms with Gasteiger partial charge in [-0.25, -0.2) is 9.97 Å². The van der Waals surface area contributed by atoms with Gasteiger partial charge in [-0.05, 0) is 17.7 Å². The molecule has 2 aromatic heterocycles. The van der Waals surface area contributed by atoms with E-state index < -0.39 is 0 Å². The average Bonchev–Trinajstić information content (AvgIpc) is 3.12. The van der Waals surface area contributed by atoms with Crippen LogP contribution in [0.3, 0.4) is 0 Å². The van der Waals surface area contributed by atoms with Crippen molar-refractivity contribution in [1.82, 2.24) is 15.3 Å². The number of rotatable bonds is 4. The third-order valence-corrected chi connectivity index (χ3v) is 5.35. The highest BCUT2D eigenvalue weighted by atomic mass is 32.1. The Balaban J connectivity index is 1.85. The molecule has 130 valence electrons. The molecule has 1 N–H and O–H groups in total. The molecule has 1 aliphatic heterocycles. The minimum absolute atomic E-state index is 0.722. The van der Waals surface area contributed by atoms with Gasteiger partial charge in [0.25, 0.3) is 0 Å². The maximum absolute atomic E-state index is 5.46. The number of thiophene rings is 1. The van der Waals surface area contributed by atoms with Crippen molar-refractivity contribution in [2.75, 3.05) is 45.3 Å². The van der Waals surface area contributed by atoms with Gasteiger partial charge in [0.1, 0.15) is 17.0 Å². The predicted octanol–water partition coefficient (Wildman–Crippen LogP) is 2.79. The third kappa shape index (κ3) is 2.89. The summed E-state index contributed by atoms with van der Waals surface area (Å²) in [6, 6.07) is 6.00. The zero-order valence-corrected chi connectivity index (χ0v) is 15.1. The lowest BCUT2D eigenvalue weighted by Gasteiger charge is -2.29. The van der Waals surface area contributed by atoms with Gasteiger partial charge in [-0.3, -0.25) is 0 Å². The Morgan fingerprint density at radius 2 is 1.88 bits per heavy atom. The highest BCUT2D eigenvalue weighted by Gasteiger charge is 2.20. The standard InChI is InChI=1S/C18H20N4O2S/c1-23-14-4-3-12(9-15(14)24-2)13-10-25-18-16(13)17(20-11-21-18)22-7-5-19-6-8-22/h3-4,9-11,19H,5-8H2,1-2H3. The smallest absolute Gasteiger partial charge is 0.161 e. The van der Waals surface area contributed by atoms with Crippen LogP contribution in [0.15, 0.2) is 29.9 Å². The monoisotopic (exact) mass is 356 g/mol. The molecule has 1 aliphatic rings. The molecular weight excluding hydrogens is 336 g/mol. The second-order valence-electron chi connectivity index (χ2n) is 5.83. The zero-order chi connectivity index (χ0) is 17.2. The number of anilines is 1. The van der Waals surface area contributed by atoms with Crippen LogP contribution in [0, 0.1) is 0 Å². The summed E-state index contributed by atoms with van der Waals surface area (Å²) >= 11 is 1.64. The maximum atomic E-state index is 5.46. The van der Waals surface area contributed by atoms with Crippen molar-refractivity contribution in [3.63, 3.8) is 0 Å². The van der Waals surface area contributed by atoms with E-state index in [0.717, 1.165) is 64.8 Å². The van der Waals surface area contributed by atoms with Gasteiger partial charge < -0.3 is 19.7 Å². The molecule has 4 rings (SSSR count). The molecule has 0 radical (unpaired) electrons. The Bertz CT molecular complexity index is 890. The molecule has 3 aromatic rings. The van der Waals surface area contributed by atoms with E-state index in [2.05, 4.69) is 31.6 Å². The number of ether oxygens (including phenoxy) is 2. The summed E-state index contributed by atoms with van der Waals surface area (Å²) in [4.78, 5) is 12.4. The van der Waals surface area contributed by atoms with E-state index in [9.17, 15) is 0 Å². The summed E-state index contributed by atoms with van der Waals surface area (Å²) in [5.74, 6) is 2.46. The van der Waals surface area contributed by atoms with Gasteiger partial charge in [0.05, 0.1) is 19.6 Å². The van der Waals surface area contributed by atoms with Crippen LogP contribution in [0.4, 0.5) is 5.82 Å². The summed E-state index contributed by atoms with van der Waals surface area (Å²) in [6.45, 7) is 3.85. The van der Waals surface area contributed by atoms with Gasteiger partial charge in [0, 0.05) is 37.1 Å². The second kappa shape index (κ2) is 6.85. The van der Waals surface area contributed by atoms with Crippen molar-refractivity contribution < 1.29 is 9.47 Å². The summed E-state index contributed by atoms with van der Waals surface area (Å²) < 4.78 is 10.8. The molecule has 7 heteroatoms. The molecule has 0 spiro atoms. The van der Waals surface area contributed by atoms with Gasteiger partial charge >= 0.3 is 0 Å². The normalized spacial score (nSPS) is 14.7. The largest absolute Gasteiger partial charge is 0.493 e. The quantitative estimate of drug-likeness (QED) is 0.776. The number of methoxy groups -OCH3 is 2. The van der Waals surface area contributed by atoms with E-state index in [0.29, 0.717) is 0 Å². The fourth-order valence-electron chi connectivity index (χ4n) is 3.19. The number of nitrogens with zero attached hydrogens (tertiary/aromatic N) is 3. The number of nitrogens with one attached hydrogen (secondary N) is 1. The van der Waals surface area contributed by atoms with E-state index in [1.165, 1.54) is 0 Å². The van der Waals surface area contributed by atoms with Crippen LogP contribution in [0.25, 0.3) is 21.3 Å². The molecule has 0 aliphatic carbocycles. The Labute approximate surface area is 150 Å². The number of piperazine rings is 1. The zero-order valence-electron chi connectivity index (χ0n) is 14.3. The van der Waals surface area contributed by atoms with Crippen LogP contribution in [-0.2, 0) is 0 Å². The first-order chi connectivity index (χ1) is 12.3. The van der Waals surface area contributed by atoms with Gasteiger partial charge in [0.15, 0.2) is 11.5 Å². The van der Waals surface area contributed by atoms with Crippen molar-refractivity contribution in [3.8, 4) is 22.6 Å². The molecule has 1 saturated heterocycles. The lowest BCUT2D eigenvalue weighted by molar-refractivity contribution is 0.355. The van der Waals surface area contributed by atoms with Crippen molar-refractivity contribution in [1.29, 1.82) is 0 Å². The topological polar surface area (TPSA) is 59.5 Å². The van der Waals surface area contributed by atoms with Gasteiger partial charge in [-0.2, -0.15) is 0 Å². The Morgan fingerprint density at radius 3 is 2.64 bits per heavy atom. The first kappa shape index (κ1) is 16.1. The predicted molar refractivity (Wildman–Crippen MR) is 101 cm³/mol. The lowest BCUT2D eigenvalue weighted by atomic mass is 10.0. The Kier molecular flexibility index (Phi) is 4.42. The number of aromatic nitrogens is 2. The van der Waals surface area contributed by atoms with Crippen molar-refractivity contribution in [3.05, 3.63) is 29.9 Å². The SMILES string of the molecule is COc1ccc(-c2csc3ncnc(N4CCNCC4)c23)cc1OC. The van der Waals surface area contributed by atoms with E-state index >= 15 is 0 Å². The van der Waals surface area contributed by atoms with Crippen molar-refractivity contribution >= 4 is 27.4 Å². The number of hydrogen-bond donors (Lipinski definition) is 1. The molecule has 6 nitrogen and oxygen atoms in total. The summed E-state index contributed by atoms with van der Waals surface area (Å²) in [7, 11) is 3.30. The maximum Gasteiger partial charge on any atom is 0.161 e. The van der Waals surface area contributed by atoms with E-state index in [-0.39, 0.29) is 0 Å². The Morgan fingerprint density at radius 1 is 1.08 bits per heavy atom. The van der Waals surface area contributed by atoms with Gasteiger partial charge in [-0.15, -0.1) is 11.3 Å². The molecule has 0 atom stereocenters. The summed E-state index contributed by atoms with van der Waals surface area (Å²) in [6.07, 6.45) is 1.66. The van der Waals surface area contributed by atoms with Crippen molar-refractivity contribution in [2.24, 2.45) is 0 Å². The molecule has 0 unspecified atom stereocenters. The summed E-state index contributed by atoms with van der Waals surface area (Å²) in [5.41, 5.74) is 2.21. The van der Waals surface area contributed by atoms with E-state index in [4.69, 9.17) is 9.47 Å². The van der Waals surface area contributed by atoms with Crippen LogP contribution in [0.1, 0.15) is 0 Å². The molecular formula is C18H20N4O2S. The van der Waals surface area contributed by atoms with Crippen LogP contribution < -0.4 is 19.7 Å². The molecule has 1 aromatic carbocycles. The van der Waals surface area contributed by atoms with Crippen LogP contribution in [0.2, 0.25) is 0 Å². The van der Waals surface area contributed by atoms with Crippen LogP contribution >= 0.6 is 11.3 Å². The number of hydrogen-bond acceptors (Lipinski definition) is 7. The minimum Gasteiger partial charge on any atom is -0.493 e. The first-order valence-electron chi connectivity index (χ1n) is 8.22. The number of fused-ring (bicyclic) bond motifs is 1. The molecule has 0 saturated carbocycles. The molecule has 25 heavy (non-hydrogen) atoms.